The van der Waals surface area contributed by atoms with Crippen molar-refractivity contribution < 1.29 is 13.3 Å². The highest BCUT2D eigenvalue weighted by molar-refractivity contribution is 7.89. The molecule has 1 rings (SSSR count). The molecule has 0 saturated heterocycles. The molecule has 20 heavy (non-hydrogen) atoms. The summed E-state index contributed by atoms with van der Waals surface area (Å²) in [5.74, 6) is 5.17. The first-order valence-corrected chi connectivity index (χ1v) is 7.30. The summed E-state index contributed by atoms with van der Waals surface area (Å²) < 4.78 is 26.6. The van der Waals surface area contributed by atoms with Crippen molar-refractivity contribution in [3.63, 3.8) is 0 Å². The van der Waals surface area contributed by atoms with Gasteiger partial charge in [-0.05, 0) is 17.5 Å². The van der Waals surface area contributed by atoms with E-state index in [1.54, 1.807) is 0 Å². The number of hydrazine groups is 1. The molecule has 4 N–H and O–H groups in total. The Bertz CT molecular complexity index is 607. The van der Waals surface area contributed by atoms with Crippen LogP contribution in [0.15, 0.2) is 23.1 Å². The van der Waals surface area contributed by atoms with Gasteiger partial charge in [-0.3, -0.25) is 16.0 Å². The van der Waals surface area contributed by atoms with Crippen LogP contribution in [0.25, 0.3) is 0 Å². The minimum absolute atomic E-state index is 0.0615. The quantitative estimate of drug-likeness (QED) is 0.426. The Hall–Kier alpha value is -1.71. The normalized spacial score (nSPS) is 12.2. The highest BCUT2D eigenvalue weighted by Crippen LogP contribution is 2.26. The molecule has 0 aliphatic carbocycles. The minimum Gasteiger partial charge on any atom is -0.318 e. The first kappa shape index (κ1) is 16.3. The lowest BCUT2D eigenvalue weighted by Crippen LogP contribution is -2.32. The van der Waals surface area contributed by atoms with Crippen molar-refractivity contribution in [2.24, 2.45) is 11.3 Å². The molecule has 0 spiro atoms. The fourth-order valence-electron chi connectivity index (χ4n) is 1.35. The molecule has 0 unspecified atom stereocenters. The van der Waals surface area contributed by atoms with Crippen molar-refractivity contribution in [3.8, 4) is 0 Å². The van der Waals surface area contributed by atoms with Gasteiger partial charge in [0, 0.05) is 12.6 Å². The van der Waals surface area contributed by atoms with Gasteiger partial charge in [0.15, 0.2) is 0 Å². The van der Waals surface area contributed by atoms with Crippen molar-refractivity contribution in [3.05, 3.63) is 28.3 Å². The molecule has 0 saturated carbocycles. The SMILES string of the molecule is CC(C)(C)CNS(=O)(=O)c1ccc([N+](=O)[O-])c(NN)c1. The van der Waals surface area contributed by atoms with Crippen LogP contribution in [0.4, 0.5) is 11.4 Å². The molecule has 1 aromatic carbocycles. The first-order valence-electron chi connectivity index (χ1n) is 5.81. The molecule has 0 bridgehead atoms. The number of nitrogens with two attached hydrogens (primary N) is 1. The van der Waals surface area contributed by atoms with Crippen LogP contribution in [0, 0.1) is 15.5 Å². The van der Waals surface area contributed by atoms with Crippen LogP contribution < -0.4 is 16.0 Å². The third kappa shape index (κ3) is 4.15. The molecule has 0 radical (unpaired) electrons. The molecule has 0 atom stereocenters. The maximum absolute atomic E-state index is 12.1. The number of sulfonamides is 1. The van der Waals surface area contributed by atoms with E-state index in [1.165, 1.54) is 6.07 Å². The molecule has 0 aliphatic rings. The number of rotatable bonds is 5. The summed E-state index contributed by atoms with van der Waals surface area (Å²) >= 11 is 0. The standard InChI is InChI=1S/C11H18N4O4S/c1-11(2,3)7-13-20(18,19)8-4-5-10(15(16)17)9(6-8)14-12/h4-6,13-14H,7,12H2,1-3H3. The Morgan fingerprint density at radius 3 is 2.40 bits per heavy atom. The lowest BCUT2D eigenvalue weighted by molar-refractivity contribution is -0.384. The van der Waals surface area contributed by atoms with E-state index in [1.807, 2.05) is 20.8 Å². The summed E-state index contributed by atoms with van der Waals surface area (Å²) in [4.78, 5) is 10.0. The van der Waals surface area contributed by atoms with Gasteiger partial charge in [-0.25, -0.2) is 13.1 Å². The van der Waals surface area contributed by atoms with Crippen LogP contribution in [0.1, 0.15) is 20.8 Å². The van der Waals surface area contributed by atoms with Crippen molar-refractivity contribution in [1.82, 2.24) is 4.72 Å². The molecule has 1 aromatic rings. The van der Waals surface area contributed by atoms with Gasteiger partial charge < -0.3 is 5.43 Å². The zero-order valence-electron chi connectivity index (χ0n) is 11.5. The molecule has 0 aliphatic heterocycles. The molecule has 0 amide bonds. The van der Waals surface area contributed by atoms with Crippen molar-refractivity contribution in [2.45, 2.75) is 25.7 Å². The average molecular weight is 302 g/mol. The van der Waals surface area contributed by atoms with Crippen molar-refractivity contribution in [2.75, 3.05) is 12.0 Å². The number of nitrogen functional groups attached to an aromatic ring is 1. The third-order valence-corrected chi connectivity index (χ3v) is 3.82. The highest BCUT2D eigenvalue weighted by atomic mass is 32.2. The van der Waals surface area contributed by atoms with Crippen molar-refractivity contribution >= 4 is 21.4 Å². The van der Waals surface area contributed by atoms with E-state index in [0.29, 0.717) is 0 Å². The summed E-state index contributed by atoms with van der Waals surface area (Å²) in [6, 6.07) is 3.40. The van der Waals surface area contributed by atoms with Crippen LogP contribution in [0.3, 0.4) is 0 Å². The van der Waals surface area contributed by atoms with Gasteiger partial charge in [0.25, 0.3) is 5.69 Å². The Balaban J connectivity index is 3.11. The number of hydrogen-bond acceptors (Lipinski definition) is 6. The molecule has 9 heteroatoms. The lowest BCUT2D eigenvalue weighted by atomic mass is 9.98. The number of nitro benzene ring substituents is 1. The second-order valence-corrected chi connectivity index (χ2v) is 7.23. The van der Waals surface area contributed by atoms with E-state index < -0.39 is 14.9 Å². The largest absolute Gasteiger partial charge is 0.318 e. The number of nitrogens with zero attached hydrogens (tertiary/aromatic N) is 1. The maximum atomic E-state index is 12.1. The smallest absolute Gasteiger partial charge is 0.293 e. The summed E-state index contributed by atoms with van der Waals surface area (Å²) in [5.41, 5.74) is 1.56. The van der Waals surface area contributed by atoms with Crippen LogP contribution in [-0.2, 0) is 10.0 Å². The second-order valence-electron chi connectivity index (χ2n) is 5.47. The number of anilines is 1. The van der Waals surface area contributed by atoms with Gasteiger partial charge >= 0.3 is 0 Å². The molecule has 112 valence electrons. The monoisotopic (exact) mass is 302 g/mol. The zero-order chi connectivity index (χ0) is 15.6. The third-order valence-electron chi connectivity index (χ3n) is 2.42. The summed E-state index contributed by atoms with van der Waals surface area (Å²) in [5, 5.41) is 10.7. The Morgan fingerprint density at radius 1 is 1.35 bits per heavy atom. The summed E-state index contributed by atoms with van der Waals surface area (Å²) in [6.07, 6.45) is 0. The molecular formula is C11H18N4O4S. The summed E-state index contributed by atoms with van der Waals surface area (Å²) in [7, 11) is -3.74. The predicted octanol–water partition coefficient (Wildman–Crippen LogP) is 1.20. The number of nitrogens with one attached hydrogen (secondary N) is 2. The zero-order valence-corrected chi connectivity index (χ0v) is 12.3. The van der Waals surface area contributed by atoms with Crippen molar-refractivity contribution in [1.29, 1.82) is 0 Å². The topological polar surface area (TPSA) is 127 Å². The second kappa shape index (κ2) is 5.73. The Morgan fingerprint density at radius 2 is 1.95 bits per heavy atom. The highest BCUT2D eigenvalue weighted by Gasteiger charge is 2.22. The van der Waals surface area contributed by atoms with E-state index >= 15 is 0 Å². The van der Waals surface area contributed by atoms with Gasteiger partial charge in [-0.1, -0.05) is 20.8 Å². The Kier molecular flexibility index (Phi) is 4.69. The van der Waals surface area contributed by atoms with E-state index in [9.17, 15) is 18.5 Å². The van der Waals surface area contributed by atoms with Gasteiger partial charge in [0.05, 0.1) is 9.82 Å². The van der Waals surface area contributed by atoms with E-state index in [-0.39, 0.29) is 28.2 Å². The summed E-state index contributed by atoms with van der Waals surface area (Å²) in [6.45, 7) is 5.91. The minimum atomic E-state index is -3.74. The molecular weight excluding hydrogens is 284 g/mol. The van der Waals surface area contributed by atoms with E-state index in [2.05, 4.69) is 10.1 Å². The van der Waals surface area contributed by atoms with Gasteiger partial charge in [0.2, 0.25) is 10.0 Å². The molecule has 0 fully saturated rings. The van der Waals surface area contributed by atoms with Gasteiger partial charge in [0.1, 0.15) is 5.69 Å². The average Bonchev–Trinajstić information content (AvgIpc) is 2.34. The predicted molar refractivity (Wildman–Crippen MR) is 75.6 cm³/mol. The van der Waals surface area contributed by atoms with Crippen LogP contribution in [0.5, 0.6) is 0 Å². The number of hydrogen-bond donors (Lipinski definition) is 3. The van der Waals surface area contributed by atoms with Crippen LogP contribution in [-0.4, -0.2) is 19.9 Å². The Labute approximate surface area is 117 Å². The lowest BCUT2D eigenvalue weighted by Gasteiger charge is -2.18. The van der Waals surface area contributed by atoms with Crippen LogP contribution >= 0.6 is 0 Å². The van der Waals surface area contributed by atoms with Crippen LogP contribution in [0.2, 0.25) is 0 Å². The number of nitro groups is 1. The van der Waals surface area contributed by atoms with E-state index in [0.717, 1.165) is 12.1 Å². The molecule has 0 aromatic heterocycles. The first-order chi connectivity index (χ1) is 9.07. The maximum Gasteiger partial charge on any atom is 0.293 e. The van der Waals surface area contributed by atoms with Gasteiger partial charge in [-0.15, -0.1) is 0 Å². The number of benzene rings is 1. The van der Waals surface area contributed by atoms with Gasteiger partial charge in [-0.2, -0.15) is 0 Å². The molecule has 8 nitrogen and oxygen atoms in total. The fourth-order valence-corrected chi connectivity index (χ4v) is 2.66. The molecule has 0 heterocycles. The van der Waals surface area contributed by atoms with E-state index in [4.69, 9.17) is 5.84 Å². The fraction of sp³-hybridized carbons (Fsp3) is 0.455.